The van der Waals surface area contributed by atoms with E-state index >= 15 is 0 Å². The van der Waals surface area contributed by atoms with E-state index in [-0.39, 0.29) is 0 Å². The first kappa shape index (κ1) is 15.5. The fourth-order valence-electron chi connectivity index (χ4n) is 2.86. The van der Waals surface area contributed by atoms with Crippen LogP contribution in [-0.4, -0.2) is 0 Å². The van der Waals surface area contributed by atoms with Crippen molar-refractivity contribution in [2.45, 2.75) is 26.4 Å². The smallest absolute Gasteiger partial charge is 0.179 e. The Morgan fingerprint density at radius 3 is 0.913 bits per heavy atom. The first-order valence-electron chi connectivity index (χ1n) is 7.92. The highest BCUT2D eigenvalue weighted by Crippen LogP contribution is 2.37. The minimum absolute atomic E-state index is 0.774. The molecule has 0 atom stereocenters. The van der Waals surface area contributed by atoms with Gasteiger partial charge < -0.3 is 0 Å². The van der Waals surface area contributed by atoms with E-state index in [9.17, 15) is 5.11 Å². The predicted molar refractivity (Wildman–Crippen MR) is 94.1 cm³/mol. The van der Waals surface area contributed by atoms with E-state index < -0.39 is 5.60 Å². The zero-order chi connectivity index (χ0) is 16.4. The molecule has 0 N–H and O–H groups in total. The first-order valence-corrected chi connectivity index (χ1v) is 7.92. The van der Waals surface area contributed by atoms with Crippen molar-refractivity contribution < 1.29 is 5.11 Å². The number of rotatable bonds is 3. The number of hydrogen-bond donors (Lipinski definition) is 0. The van der Waals surface area contributed by atoms with E-state index in [1.54, 1.807) is 0 Å². The largest absolute Gasteiger partial charge is 0.214 e. The summed E-state index contributed by atoms with van der Waals surface area (Å²) in [5.41, 5.74) is 4.40. The molecule has 3 aromatic carbocycles. The Morgan fingerprint density at radius 2 is 0.696 bits per heavy atom. The predicted octanol–water partition coefficient (Wildman–Crippen LogP) is 5.33. The molecule has 0 saturated carbocycles. The monoisotopic (exact) mass is 301 g/mol. The fraction of sp³-hybridized carbons (Fsp3) is 0.182. The molecular formula is C22H21O. The second-order valence-corrected chi connectivity index (χ2v) is 6.28. The number of aryl methyl sites for hydroxylation is 3. The molecule has 0 aliphatic heterocycles. The third kappa shape index (κ3) is 2.93. The molecule has 0 spiro atoms. The molecule has 1 nitrogen and oxygen atoms in total. The van der Waals surface area contributed by atoms with Crippen molar-refractivity contribution in [3.8, 4) is 0 Å². The van der Waals surface area contributed by atoms with Crippen molar-refractivity contribution in [2.75, 3.05) is 0 Å². The van der Waals surface area contributed by atoms with Gasteiger partial charge in [0.05, 0.1) is 0 Å². The van der Waals surface area contributed by atoms with Gasteiger partial charge in [-0.3, -0.25) is 0 Å². The molecule has 0 unspecified atom stereocenters. The maximum Gasteiger partial charge on any atom is 0.179 e. The van der Waals surface area contributed by atoms with Gasteiger partial charge in [0.25, 0.3) is 0 Å². The molecule has 0 aromatic heterocycles. The van der Waals surface area contributed by atoms with Crippen molar-refractivity contribution in [1.29, 1.82) is 0 Å². The molecule has 0 bridgehead atoms. The molecule has 0 heterocycles. The minimum Gasteiger partial charge on any atom is -0.214 e. The average molecular weight is 301 g/mol. The van der Waals surface area contributed by atoms with Crippen LogP contribution in [0.1, 0.15) is 33.4 Å². The minimum atomic E-state index is -1.39. The highest BCUT2D eigenvalue weighted by molar-refractivity contribution is 5.48. The molecule has 0 fully saturated rings. The third-order valence-electron chi connectivity index (χ3n) is 4.37. The van der Waals surface area contributed by atoms with Crippen molar-refractivity contribution in [3.05, 3.63) is 106 Å². The molecule has 23 heavy (non-hydrogen) atoms. The van der Waals surface area contributed by atoms with Gasteiger partial charge in [-0.05, 0) is 37.5 Å². The summed E-state index contributed by atoms with van der Waals surface area (Å²) in [6.07, 6.45) is 0. The van der Waals surface area contributed by atoms with Crippen LogP contribution in [0.3, 0.4) is 0 Å². The molecule has 0 aliphatic carbocycles. The van der Waals surface area contributed by atoms with Crippen molar-refractivity contribution in [1.82, 2.24) is 0 Å². The van der Waals surface area contributed by atoms with Gasteiger partial charge in [-0.2, -0.15) is 0 Å². The number of hydrogen-bond acceptors (Lipinski definition) is 0. The van der Waals surface area contributed by atoms with Gasteiger partial charge in [0.1, 0.15) is 0 Å². The highest BCUT2D eigenvalue weighted by Gasteiger charge is 2.35. The van der Waals surface area contributed by atoms with E-state index in [0.717, 1.165) is 33.4 Å². The van der Waals surface area contributed by atoms with Crippen LogP contribution in [0.2, 0.25) is 0 Å². The lowest BCUT2D eigenvalue weighted by molar-refractivity contribution is 0.0411. The van der Waals surface area contributed by atoms with Crippen LogP contribution in [0, 0.1) is 20.8 Å². The summed E-state index contributed by atoms with van der Waals surface area (Å²) in [6.45, 7) is 6.11. The first-order chi connectivity index (χ1) is 11.0. The zero-order valence-corrected chi connectivity index (χ0v) is 13.8. The molecule has 3 rings (SSSR count). The van der Waals surface area contributed by atoms with Crippen LogP contribution in [0.5, 0.6) is 0 Å². The summed E-state index contributed by atoms with van der Waals surface area (Å²) in [5.74, 6) is 0. The van der Waals surface area contributed by atoms with Gasteiger partial charge in [0.2, 0.25) is 0 Å². The molecule has 3 aromatic rings. The van der Waals surface area contributed by atoms with Gasteiger partial charge in [0.15, 0.2) is 5.60 Å². The SMILES string of the molecule is Cc1ccc(C([O])(c2ccc(C)cc2)c2ccc(C)cc2)cc1. The topological polar surface area (TPSA) is 19.9 Å². The Bertz CT molecular complexity index is 670. The summed E-state index contributed by atoms with van der Waals surface area (Å²) < 4.78 is 0. The van der Waals surface area contributed by atoms with Crippen LogP contribution in [-0.2, 0) is 10.7 Å². The van der Waals surface area contributed by atoms with Crippen LogP contribution >= 0.6 is 0 Å². The number of benzene rings is 3. The Morgan fingerprint density at radius 1 is 0.478 bits per heavy atom. The zero-order valence-electron chi connectivity index (χ0n) is 13.8. The van der Waals surface area contributed by atoms with E-state index in [2.05, 4.69) is 0 Å². The summed E-state index contributed by atoms with van der Waals surface area (Å²) in [6, 6.07) is 23.7. The standard InChI is InChI=1S/C22H21O/c1-16-4-10-19(11-5-16)22(23,20-12-6-17(2)7-13-20)21-14-8-18(3)9-15-21/h4-15H,1-3H3. The lowest BCUT2D eigenvalue weighted by Gasteiger charge is -2.28. The Balaban J connectivity index is 2.21. The van der Waals surface area contributed by atoms with Gasteiger partial charge in [-0.1, -0.05) is 89.5 Å². The summed E-state index contributed by atoms with van der Waals surface area (Å²) in [4.78, 5) is 0. The van der Waals surface area contributed by atoms with E-state index in [1.165, 1.54) is 0 Å². The second kappa shape index (κ2) is 6.02. The summed E-state index contributed by atoms with van der Waals surface area (Å²) in [5, 5.41) is 14.0. The molecule has 1 radical (unpaired) electrons. The normalized spacial score (nSPS) is 11.5. The van der Waals surface area contributed by atoms with Crippen molar-refractivity contribution in [2.24, 2.45) is 0 Å². The summed E-state index contributed by atoms with van der Waals surface area (Å²) in [7, 11) is 0. The third-order valence-corrected chi connectivity index (χ3v) is 4.37. The lowest BCUT2D eigenvalue weighted by Crippen LogP contribution is -2.27. The Hall–Kier alpha value is -2.38. The van der Waals surface area contributed by atoms with Crippen LogP contribution in [0.4, 0.5) is 0 Å². The van der Waals surface area contributed by atoms with Crippen LogP contribution < -0.4 is 0 Å². The van der Waals surface area contributed by atoms with Crippen LogP contribution in [0.15, 0.2) is 72.8 Å². The van der Waals surface area contributed by atoms with Gasteiger partial charge in [-0.25, -0.2) is 5.11 Å². The van der Waals surface area contributed by atoms with Crippen LogP contribution in [0.25, 0.3) is 0 Å². The van der Waals surface area contributed by atoms with E-state index in [4.69, 9.17) is 0 Å². The maximum absolute atomic E-state index is 14.0. The lowest BCUT2D eigenvalue weighted by atomic mass is 9.80. The van der Waals surface area contributed by atoms with Gasteiger partial charge in [0, 0.05) is 0 Å². The average Bonchev–Trinajstić information content (AvgIpc) is 2.56. The summed E-state index contributed by atoms with van der Waals surface area (Å²) >= 11 is 0. The van der Waals surface area contributed by atoms with Gasteiger partial charge in [-0.15, -0.1) is 0 Å². The molecule has 115 valence electrons. The molecular weight excluding hydrogens is 280 g/mol. The van der Waals surface area contributed by atoms with Gasteiger partial charge >= 0.3 is 0 Å². The fourth-order valence-corrected chi connectivity index (χ4v) is 2.86. The Labute approximate surface area is 138 Å². The van der Waals surface area contributed by atoms with Crippen molar-refractivity contribution in [3.63, 3.8) is 0 Å². The Kier molecular flexibility index (Phi) is 4.06. The van der Waals surface area contributed by atoms with Crippen molar-refractivity contribution >= 4 is 0 Å². The molecule has 1 heteroatoms. The molecule has 0 amide bonds. The quantitative estimate of drug-likeness (QED) is 0.582. The maximum atomic E-state index is 14.0. The molecule has 0 aliphatic rings. The van der Waals surface area contributed by atoms with E-state index in [1.807, 2.05) is 93.6 Å². The molecule has 0 saturated heterocycles. The second-order valence-electron chi connectivity index (χ2n) is 6.28. The van der Waals surface area contributed by atoms with E-state index in [0.29, 0.717) is 0 Å². The highest BCUT2D eigenvalue weighted by atomic mass is 16.3.